The SMILES string of the molecule is OCC[C@@H]1CNCCN2CCCNCCN(CC2)C1. The molecule has 2 saturated heterocycles. The summed E-state index contributed by atoms with van der Waals surface area (Å²) in [6.45, 7) is 11.6. The lowest BCUT2D eigenvalue weighted by atomic mass is 10.0. The topological polar surface area (TPSA) is 50.8 Å². The van der Waals surface area contributed by atoms with Gasteiger partial charge >= 0.3 is 0 Å². The van der Waals surface area contributed by atoms with E-state index in [0.717, 1.165) is 52.2 Å². The normalized spacial score (nSPS) is 34.9. The van der Waals surface area contributed by atoms with Crippen LogP contribution in [0, 0.1) is 5.92 Å². The number of nitrogens with zero attached hydrogens (tertiary/aromatic N) is 2. The quantitative estimate of drug-likeness (QED) is 0.612. The van der Waals surface area contributed by atoms with Crippen molar-refractivity contribution in [3.8, 4) is 0 Å². The highest BCUT2D eigenvalue weighted by Crippen LogP contribution is 2.07. The summed E-state index contributed by atoms with van der Waals surface area (Å²) in [4.78, 5) is 5.15. The molecule has 2 fully saturated rings. The van der Waals surface area contributed by atoms with Gasteiger partial charge < -0.3 is 25.5 Å². The summed E-state index contributed by atoms with van der Waals surface area (Å²) in [7, 11) is 0. The van der Waals surface area contributed by atoms with Crippen LogP contribution in [0.2, 0.25) is 0 Å². The molecule has 2 heterocycles. The van der Waals surface area contributed by atoms with E-state index in [0.29, 0.717) is 12.5 Å². The number of rotatable bonds is 2. The van der Waals surface area contributed by atoms with E-state index in [4.69, 9.17) is 0 Å². The van der Waals surface area contributed by atoms with Crippen LogP contribution in [0.5, 0.6) is 0 Å². The van der Waals surface area contributed by atoms with Gasteiger partial charge in [-0.1, -0.05) is 0 Å². The predicted molar refractivity (Wildman–Crippen MR) is 78.4 cm³/mol. The van der Waals surface area contributed by atoms with Crippen LogP contribution in [0.15, 0.2) is 0 Å². The molecular weight excluding hydrogens is 240 g/mol. The Labute approximate surface area is 117 Å². The van der Waals surface area contributed by atoms with Gasteiger partial charge in [-0.2, -0.15) is 0 Å². The van der Waals surface area contributed by atoms with Crippen molar-refractivity contribution < 1.29 is 5.11 Å². The first-order valence-electron chi connectivity index (χ1n) is 7.85. The highest BCUT2D eigenvalue weighted by atomic mass is 16.3. The lowest BCUT2D eigenvalue weighted by Crippen LogP contribution is -2.47. The summed E-state index contributed by atoms with van der Waals surface area (Å²) in [5, 5.41) is 16.3. The molecule has 3 N–H and O–H groups in total. The Morgan fingerprint density at radius 3 is 2.58 bits per heavy atom. The highest BCUT2D eigenvalue weighted by Gasteiger charge is 2.17. The lowest BCUT2D eigenvalue weighted by molar-refractivity contribution is 0.149. The second-order valence-corrected chi connectivity index (χ2v) is 5.83. The highest BCUT2D eigenvalue weighted by molar-refractivity contribution is 4.75. The van der Waals surface area contributed by atoms with Crippen molar-refractivity contribution in [2.75, 3.05) is 72.1 Å². The molecule has 5 nitrogen and oxygen atoms in total. The van der Waals surface area contributed by atoms with Crippen molar-refractivity contribution in [2.24, 2.45) is 5.92 Å². The zero-order chi connectivity index (χ0) is 13.3. The summed E-state index contributed by atoms with van der Waals surface area (Å²) in [6.07, 6.45) is 2.17. The van der Waals surface area contributed by atoms with E-state index in [1.807, 2.05) is 0 Å². The van der Waals surface area contributed by atoms with Gasteiger partial charge in [-0.25, -0.2) is 0 Å². The molecule has 112 valence electrons. The Hall–Kier alpha value is -0.200. The Bertz CT molecular complexity index is 239. The molecule has 0 aliphatic carbocycles. The molecule has 5 heteroatoms. The predicted octanol–water partition coefficient (Wildman–Crippen LogP) is -0.814. The van der Waals surface area contributed by atoms with E-state index in [2.05, 4.69) is 20.4 Å². The van der Waals surface area contributed by atoms with Crippen LogP contribution in [0.4, 0.5) is 0 Å². The van der Waals surface area contributed by atoms with Crippen molar-refractivity contribution in [1.29, 1.82) is 0 Å². The van der Waals surface area contributed by atoms with Crippen LogP contribution in [0.25, 0.3) is 0 Å². The van der Waals surface area contributed by atoms with Gasteiger partial charge in [-0.15, -0.1) is 0 Å². The molecule has 0 aromatic carbocycles. The maximum absolute atomic E-state index is 9.19. The molecule has 0 spiro atoms. The number of aliphatic hydroxyl groups is 1. The van der Waals surface area contributed by atoms with Gasteiger partial charge in [0.2, 0.25) is 0 Å². The number of aliphatic hydroxyl groups excluding tert-OH is 1. The van der Waals surface area contributed by atoms with Gasteiger partial charge in [0.05, 0.1) is 0 Å². The molecule has 0 amide bonds. The Morgan fingerprint density at radius 1 is 0.895 bits per heavy atom. The van der Waals surface area contributed by atoms with E-state index in [-0.39, 0.29) is 0 Å². The van der Waals surface area contributed by atoms with E-state index in [1.54, 1.807) is 0 Å². The van der Waals surface area contributed by atoms with Crippen LogP contribution in [-0.4, -0.2) is 87.0 Å². The van der Waals surface area contributed by atoms with Gasteiger partial charge in [0.1, 0.15) is 0 Å². The van der Waals surface area contributed by atoms with Gasteiger partial charge in [0.15, 0.2) is 0 Å². The summed E-state index contributed by atoms with van der Waals surface area (Å²) in [5.41, 5.74) is 0. The molecule has 2 aliphatic rings. The fourth-order valence-corrected chi connectivity index (χ4v) is 3.05. The first-order chi connectivity index (χ1) is 9.38. The standard InChI is InChI=1S/C14H30N4O/c19-11-2-14-12-16-5-7-17-6-1-3-15-4-8-18(13-14)10-9-17/h14-16,19H,1-13H2/t14-/m1/s1. The second kappa shape index (κ2) is 8.87. The third-order valence-electron chi connectivity index (χ3n) is 4.26. The van der Waals surface area contributed by atoms with Crippen molar-refractivity contribution in [3.05, 3.63) is 0 Å². The molecule has 2 unspecified atom stereocenters. The fraction of sp³-hybridized carbons (Fsp3) is 1.00. The maximum atomic E-state index is 9.19. The van der Waals surface area contributed by atoms with Gasteiger partial charge in [-0.3, -0.25) is 0 Å². The van der Waals surface area contributed by atoms with Crippen LogP contribution < -0.4 is 10.6 Å². The summed E-state index contributed by atoms with van der Waals surface area (Å²) < 4.78 is 0. The van der Waals surface area contributed by atoms with Gasteiger partial charge in [0, 0.05) is 52.4 Å². The molecule has 0 radical (unpaired) electrons. The summed E-state index contributed by atoms with van der Waals surface area (Å²) in [5.74, 6) is 0.583. The average Bonchev–Trinajstić information content (AvgIpc) is 2.43. The van der Waals surface area contributed by atoms with E-state index in [9.17, 15) is 5.11 Å². The largest absolute Gasteiger partial charge is 0.396 e. The monoisotopic (exact) mass is 270 g/mol. The molecule has 0 aromatic heterocycles. The number of hydrogen-bond donors (Lipinski definition) is 3. The van der Waals surface area contributed by atoms with Crippen molar-refractivity contribution in [3.63, 3.8) is 0 Å². The van der Waals surface area contributed by atoms with E-state index >= 15 is 0 Å². The van der Waals surface area contributed by atoms with Crippen LogP contribution in [0.1, 0.15) is 12.8 Å². The number of hydrogen-bond acceptors (Lipinski definition) is 5. The first-order valence-corrected chi connectivity index (χ1v) is 7.85. The number of fused-ring (bicyclic) bond motifs is 3. The first kappa shape index (κ1) is 15.2. The zero-order valence-corrected chi connectivity index (χ0v) is 12.1. The Balaban J connectivity index is 1.93. The van der Waals surface area contributed by atoms with Gasteiger partial charge in [-0.05, 0) is 38.4 Å². The van der Waals surface area contributed by atoms with Crippen LogP contribution in [-0.2, 0) is 0 Å². The lowest BCUT2D eigenvalue weighted by Gasteiger charge is -2.33. The molecule has 2 bridgehead atoms. The third-order valence-corrected chi connectivity index (χ3v) is 4.26. The molecule has 0 aromatic rings. The molecule has 2 rings (SSSR count). The minimum atomic E-state index is 0.310. The van der Waals surface area contributed by atoms with Crippen LogP contribution >= 0.6 is 0 Å². The Kier molecular flexibility index (Phi) is 7.09. The van der Waals surface area contributed by atoms with E-state index < -0.39 is 0 Å². The molecule has 0 saturated carbocycles. The minimum absolute atomic E-state index is 0.310. The molecule has 3 atom stereocenters. The second-order valence-electron chi connectivity index (χ2n) is 5.83. The molecular formula is C14H30N4O. The van der Waals surface area contributed by atoms with Crippen molar-refractivity contribution in [1.82, 2.24) is 20.4 Å². The average molecular weight is 270 g/mol. The smallest absolute Gasteiger partial charge is 0.0434 e. The Morgan fingerprint density at radius 2 is 1.68 bits per heavy atom. The summed E-state index contributed by atoms with van der Waals surface area (Å²) >= 11 is 0. The molecule has 2 aliphatic heterocycles. The van der Waals surface area contributed by atoms with Crippen molar-refractivity contribution >= 4 is 0 Å². The molecule has 19 heavy (non-hydrogen) atoms. The van der Waals surface area contributed by atoms with Crippen molar-refractivity contribution in [2.45, 2.75) is 12.8 Å². The maximum Gasteiger partial charge on any atom is 0.0434 e. The van der Waals surface area contributed by atoms with Gasteiger partial charge in [0.25, 0.3) is 0 Å². The van der Waals surface area contributed by atoms with E-state index in [1.165, 1.54) is 26.1 Å². The fourth-order valence-electron chi connectivity index (χ4n) is 3.05. The minimum Gasteiger partial charge on any atom is -0.396 e. The van der Waals surface area contributed by atoms with Crippen LogP contribution in [0.3, 0.4) is 0 Å². The zero-order valence-electron chi connectivity index (χ0n) is 12.1. The number of nitrogens with one attached hydrogen (secondary N) is 2. The summed E-state index contributed by atoms with van der Waals surface area (Å²) in [6, 6.07) is 0. The third kappa shape index (κ3) is 5.75.